The molecule has 0 radical (unpaired) electrons. The minimum atomic E-state index is -0.240. The maximum Gasteiger partial charge on any atom is 0.257 e. The van der Waals surface area contributed by atoms with Gasteiger partial charge in [0.2, 0.25) is 0 Å². The third-order valence-electron chi connectivity index (χ3n) is 6.17. The Bertz CT molecular complexity index is 1440. The van der Waals surface area contributed by atoms with Crippen molar-refractivity contribution in [3.63, 3.8) is 0 Å². The van der Waals surface area contributed by atoms with Crippen LogP contribution in [0.4, 0.5) is 17.5 Å². The molecule has 1 amide bonds. The van der Waals surface area contributed by atoms with Crippen molar-refractivity contribution in [2.75, 3.05) is 42.7 Å². The molecule has 0 unspecified atom stereocenters. The van der Waals surface area contributed by atoms with Gasteiger partial charge >= 0.3 is 0 Å². The fourth-order valence-corrected chi connectivity index (χ4v) is 4.08. The number of hydrogen-bond donors (Lipinski definition) is 2. The van der Waals surface area contributed by atoms with Crippen LogP contribution in [0.3, 0.4) is 0 Å². The van der Waals surface area contributed by atoms with Crippen LogP contribution < -0.4 is 15.5 Å². The quantitative estimate of drug-likeness (QED) is 0.412. The first-order valence-corrected chi connectivity index (χ1v) is 12.2. The minimum absolute atomic E-state index is 0.132. The highest BCUT2D eigenvalue weighted by Gasteiger charge is 2.29. The van der Waals surface area contributed by atoms with Crippen LogP contribution >= 0.6 is 0 Å². The number of nitrogens with one attached hydrogen (secondary N) is 2. The Balaban J connectivity index is 1.33. The molecule has 5 heterocycles. The van der Waals surface area contributed by atoms with Crippen molar-refractivity contribution < 1.29 is 4.79 Å². The maximum atomic E-state index is 13.0. The lowest BCUT2D eigenvalue weighted by molar-refractivity contribution is 0.102. The van der Waals surface area contributed by atoms with Gasteiger partial charge in [0.05, 0.1) is 29.8 Å². The molecule has 4 aromatic rings. The number of carbonyl (C=O) groups is 1. The van der Waals surface area contributed by atoms with E-state index in [-0.39, 0.29) is 11.4 Å². The summed E-state index contributed by atoms with van der Waals surface area (Å²) in [4.78, 5) is 39.7. The first-order chi connectivity index (χ1) is 17.6. The molecule has 37 heavy (non-hydrogen) atoms. The van der Waals surface area contributed by atoms with Crippen molar-refractivity contribution in [3.05, 3.63) is 60.8 Å². The van der Waals surface area contributed by atoms with Crippen molar-refractivity contribution >= 4 is 34.3 Å². The van der Waals surface area contributed by atoms with Gasteiger partial charge in [0.1, 0.15) is 17.5 Å². The summed E-state index contributed by atoms with van der Waals surface area (Å²) in [6, 6.07) is 7.82. The summed E-state index contributed by atoms with van der Waals surface area (Å²) in [7, 11) is 4.15. The number of nitrogens with zero attached hydrogens (tertiary/aromatic N) is 7. The summed E-state index contributed by atoms with van der Waals surface area (Å²) in [5.41, 5.74) is 2.65. The normalized spacial score (nSPS) is 14.1. The monoisotopic (exact) mass is 497 g/mol. The van der Waals surface area contributed by atoms with E-state index in [9.17, 15) is 4.79 Å². The van der Waals surface area contributed by atoms with Gasteiger partial charge in [0, 0.05) is 53.6 Å². The van der Waals surface area contributed by atoms with Crippen LogP contribution in [0, 0.1) is 0 Å². The van der Waals surface area contributed by atoms with Crippen molar-refractivity contribution in [1.29, 1.82) is 0 Å². The summed E-state index contributed by atoms with van der Waals surface area (Å²) in [5, 5.41) is 7.08. The van der Waals surface area contributed by atoms with Crippen molar-refractivity contribution in [1.82, 2.24) is 29.8 Å². The molecule has 1 aliphatic heterocycles. The highest BCUT2D eigenvalue weighted by atomic mass is 16.1. The van der Waals surface area contributed by atoms with E-state index in [1.165, 1.54) is 0 Å². The zero-order chi connectivity index (χ0) is 26.2. The number of rotatable bonds is 6. The van der Waals surface area contributed by atoms with Gasteiger partial charge in [-0.1, -0.05) is 0 Å². The van der Waals surface area contributed by atoms with E-state index < -0.39 is 0 Å². The second-order valence-electron chi connectivity index (χ2n) is 10.5. The van der Waals surface area contributed by atoms with Gasteiger partial charge in [-0.15, -0.1) is 0 Å². The largest absolute Gasteiger partial charge is 0.364 e. The SMILES string of the molecule is CN(C)C1CN(c2cc(C(=O)Nc3cc4cc(-c5cncc(NC(C)(C)C)n5)cnc4cn3)ccn2)C1. The average Bonchev–Trinajstić information content (AvgIpc) is 2.82. The Morgan fingerprint density at radius 2 is 1.81 bits per heavy atom. The number of pyridine rings is 3. The van der Waals surface area contributed by atoms with E-state index in [1.807, 2.05) is 18.2 Å². The first kappa shape index (κ1) is 24.5. The summed E-state index contributed by atoms with van der Waals surface area (Å²) in [5.74, 6) is 1.70. The summed E-state index contributed by atoms with van der Waals surface area (Å²) < 4.78 is 0. The van der Waals surface area contributed by atoms with Gasteiger partial charge in [-0.05, 0) is 59.1 Å². The molecule has 0 aromatic carbocycles. The Hall–Kier alpha value is -4.18. The molecule has 1 saturated heterocycles. The van der Waals surface area contributed by atoms with Gasteiger partial charge in [-0.25, -0.2) is 15.0 Å². The summed E-state index contributed by atoms with van der Waals surface area (Å²) in [6.07, 6.45) is 8.48. The fourth-order valence-electron chi connectivity index (χ4n) is 4.08. The van der Waals surface area contributed by atoms with Crippen LogP contribution in [0.5, 0.6) is 0 Å². The third kappa shape index (κ3) is 5.64. The molecule has 0 saturated carbocycles. The summed E-state index contributed by atoms with van der Waals surface area (Å²) in [6.45, 7) is 8.00. The molecule has 0 atom stereocenters. The molecular weight excluding hydrogens is 466 g/mol. The molecule has 1 fully saturated rings. The molecule has 10 heteroatoms. The third-order valence-corrected chi connectivity index (χ3v) is 6.17. The smallest absolute Gasteiger partial charge is 0.257 e. The van der Waals surface area contributed by atoms with Gasteiger partial charge in [-0.3, -0.25) is 14.8 Å². The van der Waals surface area contributed by atoms with Gasteiger partial charge < -0.3 is 20.4 Å². The zero-order valence-electron chi connectivity index (χ0n) is 21.7. The molecule has 10 nitrogen and oxygen atoms in total. The lowest BCUT2D eigenvalue weighted by Crippen LogP contribution is -2.57. The second kappa shape index (κ2) is 9.70. The van der Waals surface area contributed by atoms with Crippen LogP contribution in [0.25, 0.3) is 22.2 Å². The molecule has 0 bridgehead atoms. The predicted molar refractivity (Wildman–Crippen MR) is 146 cm³/mol. The van der Waals surface area contributed by atoms with Crippen LogP contribution in [0.1, 0.15) is 31.1 Å². The van der Waals surface area contributed by atoms with E-state index in [4.69, 9.17) is 0 Å². The van der Waals surface area contributed by atoms with E-state index in [0.717, 1.165) is 35.4 Å². The van der Waals surface area contributed by atoms with Crippen LogP contribution in [-0.4, -0.2) is 74.5 Å². The number of aromatic nitrogens is 5. The molecule has 190 valence electrons. The highest BCUT2D eigenvalue weighted by molar-refractivity contribution is 6.04. The zero-order valence-corrected chi connectivity index (χ0v) is 21.7. The van der Waals surface area contributed by atoms with Crippen LogP contribution in [-0.2, 0) is 0 Å². The van der Waals surface area contributed by atoms with Gasteiger partial charge in [-0.2, -0.15) is 0 Å². The average molecular weight is 498 g/mol. The number of carbonyl (C=O) groups excluding carboxylic acids is 1. The molecule has 0 aliphatic carbocycles. The van der Waals surface area contributed by atoms with E-state index in [1.54, 1.807) is 37.1 Å². The van der Waals surface area contributed by atoms with Gasteiger partial charge in [0.25, 0.3) is 5.91 Å². The van der Waals surface area contributed by atoms with Crippen molar-refractivity contribution in [2.45, 2.75) is 32.4 Å². The number of likely N-dealkylation sites (N-methyl/N-ethyl adjacent to an activating group) is 1. The number of fused-ring (bicyclic) bond motifs is 1. The standard InChI is InChI=1S/C27H31N9O/c1-27(2,3)34-24-14-28-12-22(32-24)19-8-18-9-23(31-13-21(18)30-11-19)33-26(37)17-6-7-29-25(10-17)36-15-20(16-36)35(4)5/h6-14,20H,15-16H2,1-5H3,(H,32,34)(H,31,33,37). The van der Waals surface area contributed by atoms with E-state index >= 15 is 0 Å². The molecule has 1 aliphatic rings. The Morgan fingerprint density at radius 1 is 1.00 bits per heavy atom. The predicted octanol–water partition coefficient (Wildman–Crippen LogP) is 3.69. The fraction of sp³-hybridized carbons (Fsp3) is 0.333. The number of amides is 1. The van der Waals surface area contributed by atoms with E-state index in [2.05, 4.69) is 80.2 Å². The lowest BCUT2D eigenvalue weighted by Gasteiger charge is -2.43. The van der Waals surface area contributed by atoms with Crippen molar-refractivity contribution in [3.8, 4) is 11.3 Å². The van der Waals surface area contributed by atoms with Crippen molar-refractivity contribution in [2.24, 2.45) is 0 Å². The van der Waals surface area contributed by atoms with Crippen LogP contribution in [0.15, 0.2) is 55.2 Å². The Kier molecular flexibility index (Phi) is 6.43. The second-order valence-corrected chi connectivity index (χ2v) is 10.5. The first-order valence-electron chi connectivity index (χ1n) is 12.2. The molecule has 2 N–H and O–H groups in total. The van der Waals surface area contributed by atoms with Crippen LogP contribution in [0.2, 0.25) is 0 Å². The lowest BCUT2D eigenvalue weighted by atomic mass is 10.1. The molecule has 5 rings (SSSR count). The maximum absolute atomic E-state index is 13.0. The minimum Gasteiger partial charge on any atom is -0.364 e. The highest BCUT2D eigenvalue weighted by Crippen LogP contribution is 2.25. The Morgan fingerprint density at radius 3 is 2.57 bits per heavy atom. The Labute approximate surface area is 216 Å². The molecule has 4 aromatic heterocycles. The molecule has 0 spiro atoms. The topological polar surface area (TPSA) is 112 Å². The number of anilines is 3. The van der Waals surface area contributed by atoms with Gasteiger partial charge in [0.15, 0.2) is 0 Å². The molecular formula is C27H31N9O. The van der Waals surface area contributed by atoms with E-state index in [0.29, 0.717) is 28.9 Å². The summed E-state index contributed by atoms with van der Waals surface area (Å²) >= 11 is 0. The number of hydrogen-bond acceptors (Lipinski definition) is 9.